The highest BCUT2D eigenvalue weighted by Crippen LogP contribution is 2.29. The van der Waals surface area contributed by atoms with Gasteiger partial charge in [0.1, 0.15) is 11.9 Å². The molecule has 0 unspecified atom stereocenters. The smallest absolute Gasteiger partial charge is 0.267 e. The van der Waals surface area contributed by atoms with Gasteiger partial charge < -0.3 is 4.90 Å². The third kappa shape index (κ3) is 3.55. The lowest BCUT2D eigenvalue weighted by molar-refractivity contribution is 0.333. The van der Waals surface area contributed by atoms with E-state index in [2.05, 4.69) is 22.1 Å². The fraction of sp³-hybridized carbons (Fsp3) is 0.565. The molecule has 2 aromatic heterocycles. The molecule has 0 spiro atoms. The van der Waals surface area contributed by atoms with E-state index in [0.717, 1.165) is 75.1 Å². The summed E-state index contributed by atoms with van der Waals surface area (Å²) in [5.41, 5.74) is 5.44. The number of anilines is 1. The van der Waals surface area contributed by atoms with Crippen LogP contribution >= 0.6 is 0 Å². The number of nitriles is 1. The van der Waals surface area contributed by atoms with Gasteiger partial charge in [-0.3, -0.25) is 4.79 Å². The lowest BCUT2D eigenvalue weighted by atomic mass is 9.93. The zero-order valence-electron chi connectivity index (χ0n) is 16.9. The van der Waals surface area contributed by atoms with Crippen molar-refractivity contribution in [3.63, 3.8) is 0 Å². The van der Waals surface area contributed by atoms with E-state index in [4.69, 9.17) is 4.98 Å². The van der Waals surface area contributed by atoms with E-state index in [1.165, 1.54) is 24.1 Å². The average molecular weight is 390 g/mol. The van der Waals surface area contributed by atoms with Gasteiger partial charge in [-0.05, 0) is 80.9 Å². The van der Waals surface area contributed by atoms with E-state index in [9.17, 15) is 10.1 Å². The zero-order chi connectivity index (χ0) is 19.8. The summed E-state index contributed by atoms with van der Waals surface area (Å²) in [7, 11) is 0. The van der Waals surface area contributed by atoms with Crippen LogP contribution in [0, 0.1) is 17.2 Å². The quantitative estimate of drug-likeness (QED) is 0.807. The van der Waals surface area contributed by atoms with Crippen molar-refractivity contribution < 1.29 is 0 Å². The summed E-state index contributed by atoms with van der Waals surface area (Å²) in [5, 5.41) is 14.3. The van der Waals surface area contributed by atoms with E-state index in [-0.39, 0.29) is 5.56 Å². The van der Waals surface area contributed by atoms with Gasteiger partial charge in [0.25, 0.3) is 5.56 Å². The molecule has 6 heteroatoms. The number of hydrogen-bond acceptors (Lipinski definition) is 5. The Hall–Kier alpha value is -2.68. The lowest BCUT2D eigenvalue weighted by Gasteiger charge is -2.34. The summed E-state index contributed by atoms with van der Waals surface area (Å²) < 4.78 is 1.68. The number of piperidine rings is 1. The number of hydrogen-bond donors (Lipinski definition) is 0. The van der Waals surface area contributed by atoms with Crippen LogP contribution in [0.25, 0.3) is 0 Å². The molecule has 150 valence electrons. The summed E-state index contributed by atoms with van der Waals surface area (Å²) in [6.07, 6.45) is 9.54. The molecule has 6 nitrogen and oxygen atoms in total. The van der Waals surface area contributed by atoms with Crippen molar-refractivity contribution in [1.82, 2.24) is 14.8 Å². The Morgan fingerprint density at radius 3 is 2.55 bits per heavy atom. The van der Waals surface area contributed by atoms with E-state index < -0.39 is 0 Å². The Balaban J connectivity index is 1.29. The molecule has 29 heavy (non-hydrogen) atoms. The number of aryl methyl sites for hydroxylation is 4. The minimum absolute atomic E-state index is 0.0381. The van der Waals surface area contributed by atoms with Crippen LogP contribution in [0.4, 0.5) is 5.82 Å². The van der Waals surface area contributed by atoms with Crippen molar-refractivity contribution in [3.8, 4) is 6.07 Å². The van der Waals surface area contributed by atoms with Crippen molar-refractivity contribution in [2.45, 2.75) is 64.3 Å². The van der Waals surface area contributed by atoms with Crippen LogP contribution in [0.5, 0.6) is 0 Å². The van der Waals surface area contributed by atoms with Gasteiger partial charge in [0.2, 0.25) is 0 Å². The van der Waals surface area contributed by atoms with Crippen LogP contribution in [0.15, 0.2) is 16.9 Å². The van der Waals surface area contributed by atoms with Gasteiger partial charge in [0.15, 0.2) is 0 Å². The first-order valence-corrected chi connectivity index (χ1v) is 11.0. The van der Waals surface area contributed by atoms with Gasteiger partial charge in [0.05, 0.1) is 11.3 Å². The molecule has 0 amide bonds. The molecule has 0 N–H and O–H groups in total. The van der Waals surface area contributed by atoms with Gasteiger partial charge in [-0.2, -0.15) is 10.4 Å². The third-order valence-electron chi connectivity index (χ3n) is 6.77. The molecule has 1 fully saturated rings. The Bertz CT molecular complexity index is 1030. The first kappa shape index (κ1) is 18.4. The molecule has 3 aliphatic rings. The minimum atomic E-state index is 0.0381. The van der Waals surface area contributed by atoms with Gasteiger partial charge in [-0.25, -0.2) is 9.67 Å². The molecule has 0 saturated carbocycles. The van der Waals surface area contributed by atoms with Crippen LogP contribution in [0.3, 0.4) is 0 Å². The van der Waals surface area contributed by atoms with Crippen LogP contribution in [0.1, 0.15) is 60.2 Å². The minimum Gasteiger partial charge on any atom is -0.355 e. The van der Waals surface area contributed by atoms with Gasteiger partial charge >= 0.3 is 0 Å². The van der Waals surface area contributed by atoms with E-state index in [0.29, 0.717) is 18.0 Å². The van der Waals surface area contributed by atoms with E-state index in [1.807, 2.05) is 0 Å². The van der Waals surface area contributed by atoms with Crippen LogP contribution in [-0.4, -0.2) is 27.9 Å². The van der Waals surface area contributed by atoms with E-state index >= 15 is 0 Å². The van der Waals surface area contributed by atoms with Crippen molar-refractivity contribution >= 4 is 5.82 Å². The van der Waals surface area contributed by atoms with Crippen LogP contribution < -0.4 is 10.5 Å². The summed E-state index contributed by atoms with van der Waals surface area (Å²) in [6.45, 7) is 2.46. The molecule has 0 bridgehead atoms. The molecule has 3 heterocycles. The summed E-state index contributed by atoms with van der Waals surface area (Å²) in [6, 6.07) is 6.22. The molecule has 5 rings (SSSR count). The van der Waals surface area contributed by atoms with Crippen molar-refractivity contribution in [3.05, 3.63) is 50.6 Å². The second-order valence-corrected chi connectivity index (χ2v) is 8.70. The van der Waals surface area contributed by atoms with Crippen molar-refractivity contribution in [2.24, 2.45) is 5.92 Å². The van der Waals surface area contributed by atoms with Gasteiger partial charge in [-0.15, -0.1) is 0 Å². The Morgan fingerprint density at radius 1 is 1.00 bits per heavy atom. The Labute approximate surface area is 171 Å². The van der Waals surface area contributed by atoms with Crippen molar-refractivity contribution in [2.75, 3.05) is 18.0 Å². The monoisotopic (exact) mass is 389 g/mol. The molecule has 2 aromatic rings. The molecule has 0 radical (unpaired) electrons. The zero-order valence-corrected chi connectivity index (χ0v) is 16.9. The SMILES string of the molecule is N#Cc1cc2c(nc1N1CCC(Cn3nc4c(cc3=O)CCC4)CC1)CCCC2. The van der Waals surface area contributed by atoms with Gasteiger partial charge in [-0.1, -0.05) is 0 Å². The highest BCUT2D eigenvalue weighted by Gasteiger charge is 2.25. The average Bonchev–Trinajstić information content (AvgIpc) is 3.20. The molecular formula is C23H27N5O. The molecule has 1 aliphatic heterocycles. The summed E-state index contributed by atoms with van der Waals surface area (Å²) in [5.74, 6) is 1.30. The van der Waals surface area contributed by atoms with Crippen LogP contribution in [0.2, 0.25) is 0 Å². The number of aromatic nitrogens is 3. The standard InChI is InChI=1S/C23H27N5O/c24-14-19-12-17-4-1-2-6-20(17)25-23(19)27-10-8-16(9-11-27)15-28-22(29)13-18-5-3-7-21(18)26-28/h12-13,16H,1-11,15H2. The fourth-order valence-electron chi connectivity index (χ4n) is 5.09. The number of pyridine rings is 1. The molecule has 2 aliphatic carbocycles. The maximum absolute atomic E-state index is 12.4. The molecule has 0 atom stereocenters. The maximum Gasteiger partial charge on any atom is 0.267 e. The lowest BCUT2D eigenvalue weighted by Crippen LogP contribution is -2.38. The topological polar surface area (TPSA) is 74.8 Å². The molecule has 0 aromatic carbocycles. The predicted octanol–water partition coefficient (Wildman–Crippen LogP) is 2.79. The largest absolute Gasteiger partial charge is 0.355 e. The highest BCUT2D eigenvalue weighted by atomic mass is 16.1. The number of fused-ring (bicyclic) bond motifs is 2. The summed E-state index contributed by atoms with van der Waals surface area (Å²) in [4.78, 5) is 19.6. The Kier molecular flexibility index (Phi) is 4.83. The third-order valence-corrected chi connectivity index (χ3v) is 6.77. The normalized spacial score (nSPS) is 18.9. The molecular weight excluding hydrogens is 362 g/mol. The van der Waals surface area contributed by atoms with Crippen LogP contribution in [-0.2, 0) is 32.2 Å². The van der Waals surface area contributed by atoms with Crippen molar-refractivity contribution in [1.29, 1.82) is 5.26 Å². The highest BCUT2D eigenvalue weighted by molar-refractivity contribution is 5.56. The molecule has 1 saturated heterocycles. The fourth-order valence-corrected chi connectivity index (χ4v) is 5.09. The second kappa shape index (κ2) is 7.62. The maximum atomic E-state index is 12.4. The first-order valence-electron chi connectivity index (χ1n) is 11.0. The Morgan fingerprint density at radius 2 is 1.72 bits per heavy atom. The van der Waals surface area contributed by atoms with Gasteiger partial charge in [0, 0.05) is 31.4 Å². The summed E-state index contributed by atoms with van der Waals surface area (Å²) >= 11 is 0. The number of nitrogens with zero attached hydrogens (tertiary/aromatic N) is 5. The van der Waals surface area contributed by atoms with E-state index in [1.54, 1.807) is 10.7 Å². The second-order valence-electron chi connectivity index (χ2n) is 8.70. The number of rotatable bonds is 3. The predicted molar refractivity (Wildman–Crippen MR) is 111 cm³/mol. The first-order chi connectivity index (χ1) is 14.2.